The van der Waals surface area contributed by atoms with Gasteiger partial charge in [-0.1, -0.05) is 6.08 Å². The summed E-state index contributed by atoms with van der Waals surface area (Å²) in [7, 11) is 0. The highest BCUT2D eigenvalue weighted by molar-refractivity contribution is 5.69. The summed E-state index contributed by atoms with van der Waals surface area (Å²) < 4.78 is 5.36. The minimum atomic E-state index is -0.425. The average molecular weight is 211 g/mol. The first-order chi connectivity index (χ1) is 6.85. The maximum atomic E-state index is 11.9. The van der Waals surface area contributed by atoms with Crippen LogP contribution in [-0.4, -0.2) is 28.7 Å². The van der Waals surface area contributed by atoms with E-state index >= 15 is 0 Å². The van der Waals surface area contributed by atoms with Gasteiger partial charge in [-0.05, 0) is 40.5 Å². The minimum Gasteiger partial charge on any atom is -0.444 e. The van der Waals surface area contributed by atoms with Gasteiger partial charge in [0.2, 0.25) is 0 Å². The van der Waals surface area contributed by atoms with E-state index in [0.29, 0.717) is 0 Å². The fraction of sp³-hybridized carbons (Fsp3) is 0.750. The highest BCUT2D eigenvalue weighted by atomic mass is 16.6. The zero-order valence-electron chi connectivity index (χ0n) is 10.1. The van der Waals surface area contributed by atoms with Crippen LogP contribution in [0.4, 0.5) is 4.79 Å². The Morgan fingerprint density at radius 3 is 2.53 bits per heavy atom. The third-order valence-electron chi connectivity index (χ3n) is 2.59. The van der Waals surface area contributed by atoms with Crippen molar-refractivity contribution in [3.63, 3.8) is 0 Å². The molecule has 0 aromatic heterocycles. The van der Waals surface area contributed by atoms with Gasteiger partial charge in [-0.15, -0.1) is 6.58 Å². The highest BCUT2D eigenvalue weighted by Crippen LogP contribution is 2.26. The molecule has 1 amide bonds. The lowest BCUT2D eigenvalue weighted by atomic mass is 10.2. The maximum absolute atomic E-state index is 11.9. The van der Waals surface area contributed by atoms with Crippen molar-refractivity contribution in [2.45, 2.75) is 58.2 Å². The van der Waals surface area contributed by atoms with Crippen LogP contribution in [0.3, 0.4) is 0 Å². The van der Waals surface area contributed by atoms with Crippen LogP contribution in [0.1, 0.15) is 40.5 Å². The molecule has 0 bridgehead atoms. The molecule has 1 saturated heterocycles. The Labute approximate surface area is 92.1 Å². The van der Waals surface area contributed by atoms with Gasteiger partial charge in [0.15, 0.2) is 0 Å². The molecule has 2 atom stereocenters. The molecule has 1 unspecified atom stereocenters. The molecule has 1 aliphatic rings. The number of ether oxygens (including phenoxy) is 1. The third-order valence-corrected chi connectivity index (χ3v) is 2.59. The summed E-state index contributed by atoms with van der Waals surface area (Å²) in [5.74, 6) is 0. The van der Waals surface area contributed by atoms with Crippen LogP contribution in [0.25, 0.3) is 0 Å². The molecule has 3 heteroatoms. The van der Waals surface area contributed by atoms with Crippen molar-refractivity contribution in [2.75, 3.05) is 0 Å². The Morgan fingerprint density at radius 1 is 1.47 bits per heavy atom. The maximum Gasteiger partial charge on any atom is 0.411 e. The number of hydrogen-bond acceptors (Lipinski definition) is 2. The number of carbonyl (C=O) groups excluding carboxylic acids is 1. The normalized spacial score (nSPS) is 26.5. The van der Waals surface area contributed by atoms with Gasteiger partial charge in [-0.2, -0.15) is 0 Å². The van der Waals surface area contributed by atoms with Gasteiger partial charge in [0.1, 0.15) is 5.60 Å². The summed E-state index contributed by atoms with van der Waals surface area (Å²) >= 11 is 0. The van der Waals surface area contributed by atoms with Gasteiger partial charge < -0.3 is 4.74 Å². The molecule has 1 heterocycles. The van der Waals surface area contributed by atoms with E-state index in [1.54, 1.807) is 4.90 Å². The Balaban J connectivity index is 2.68. The second-order valence-corrected chi connectivity index (χ2v) is 5.12. The van der Waals surface area contributed by atoms with Crippen molar-refractivity contribution in [3.05, 3.63) is 12.7 Å². The molecule has 0 N–H and O–H groups in total. The predicted molar refractivity (Wildman–Crippen MR) is 60.8 cm³/mol. The van der Waals surface area contributed by atoms with Crippen LogP contribution in [0.2, 0.25) is 0 Å². The van der Waals surface area contributed by atoms with E-state index in [-0.39, 0.29) is 18.2 Å². The number of likely N-dealkylation sites (tertiary alicyclic amines) is 1. The number of amides is 1. The molecule has 1 rings (SSSR count). The van der Waals surface area contributed by atoms with E-state index in [2.05, 4.69) is 6.58 Å². The lowest BCUT2D eigenvalue weighted by Crippen LogP contribution is -2.42. The van der Waals surface area contributed by atoms with Crippen molar-refractivity contribution in [3.8, 4) is 0 Å². The van der Waals surface area contributed by atoms with Gasteiger partial charge >= 0.3 is 6.09 Å². The summed E-state index contributed by atoms with van der Waals surface area (Å²) in [6.45, 7) is 11.5. The van der Waals surface area contributed by atoms with E-state index in [0.717, 1.165) is 12.8 Å². The van der Waals surface area contributed by atoms with E-state index in [4.69, 9.17) is 4.74 Å². The van der Waals surface area contributed by atoms with E-state index in [1.165, 1.54) is 0 Å². The molecule has 0 aromatic carbocycles. The smallest absolute Gasteiger partial charge is 0.411 e. The van der Waals surface area contributed by atoms with E-state index < -0.39 is 5.60 Å². The number of carbonyl (C=O) groups is 1. The number of hydrogen-bond donors (Lipinski definition) is 0. The van der Waals surface area contributed by atoms with Crippen LogP contribution < -0.4 is 0 Å². The van der Waals surface area contributed by atoms with Crippen molar-refractivity contribution in [1.29, 1.82) is 0 Å². The third kappa shape index (κ3) is 2.98. The molecule has 3 nitrogen and oxygen atoms in total. The molecule has 0 spiro atoms. The second-order valence-electron chi connectivity index (χ2n) is 5.12. The molecule has 1 aliphatic heterocycles. The largest absolute Gasteiger partial charge is 0.444 e. The first kappa shape index (κ1) is 12.1. The molecule has 0 radical (unpaired) electrons. The molecule has 0 aromatic rings. The zero-order valence-corrected chi connectivity index (χ0v) is 10.1. The number of nitrogens with zero attached hydrogens (tertiary/aromatic N) is 1. The van der Waals surface area contributed by atoms with Crippen LogP contribution in [0, 0.1) is 0 Å². The van der Waals surface area contributed by atoms with Crippen molar-refractivity contribution in [2.24, 2.45) is 0 Å². The SMILES string of the molecule is C=CC1CC[C@@H](C)N1C(=O)OC(C)(C)C. The van der Waals surface area contributed by atoms with Crippen LogP contribution >= 0.6 is 0 Å². The molecule has 0 saturated carbocycles. The van der Waals surface area contributed by atoms with Crippen LogP contribution in [0.15, 0.2) is 12.7 Å². The average Bonchev–Trinajstić information content (AvgIpc) is 2.43. The topological polar surface area (TPSA) is 29.5 Å². The Kier molecular flexibility index (Phi) is 3.42. The fourth-order valence-electron chi connectivity index (χ4n) is 1.88. The lowest BCUT2D eigenvalue weighted by molar-refractivity contribution is 0.0194. The van der Waals surface area contributed by atoms with Crippen molar-refractivity contribution < 1.29 is 9.53 Å². The summed E-state index contributed by atoms with van der Waals surface area (Å²) in [5.41, 5.74) is -0.425. The summed E-state index contributed by atoms with van der Waals surface area (Å²) in [6.07, 6.45) is 3.62. The highest BCUT2D eigenvalue weighted by Gasteiger charge is 2.35. The van der Waals surface area contributed by atoms with Gasteiger partial charge in [-0.3, -0.25) is 4.90 Å². The first-order valence-electron chi connectivity index (χ1n) is 5.49. The van der Waals surface area contributed by atoms with Crippen LogP contribution in [0.5, 0.6) is 0 Å². The minimum absolute atomic E-state index is 0.134. The van der Waals surface area contributed by atoms with Crippen molar-refractivity contribution >= 4 is 6.09 Å². The van der Waals surface area contributed by atoms with Crippen molar-refractivity contribution in [1.82, 2.24) is 4.90 Å². The molecule has 1 fully saturated rings. The molecule has 86 valence electrons. The quantitative estimate of drug-likeness (QED) is 0.624. The zero-order chi connectivity index (χ0) is 11.6. The first-order valence-corrected chi connectivity index (χ1v) is 5.49. The summed E-state index contributed by atoms with van der Waals surface area (Å²) in [5, 5.41) is 0. The Morgan fingerprint density at radius 2 is 2.07 bits per heavy atom. The van der Waals surface area contributed by atoms with Gasteiger partial charge in [0, 0.05) is 6.04 Å². The van der Waals surface area contributed by atoms with E-state index in [1.807, 2.05) is 33.8 Å². The molecular weight excluding hydrogens is 190 g/mol. The monoisotopic (exact) mass is 211 g/mol. The Bertz CT molecular complexity index is 255. The predicted octanol–water partition coefficient (Wildman–Crippen LogP) is 2.96. The molecule has 0 aliphatic carbocycles. The van der Waals surface area contributed by atoms with E-state index in [9.17, 15) is 4.79 Å². The Hall–Kier alpha value is -0.990. The van der Waals surface area contributed by atoms with Gasteiger partial charge in [0.05, 0.1) is 6.04 Å². The van der Waals surface area contributed by atoms with Gasteiger partial charge in [-0.25, -0.2) is 4.79 Å². The number of rotatable bonds is 1. The second kappa shape index (κ2) is 4.25. The standard InChI is InChI=1S/C12H21NO2/c1-6-10-8-7-9(2)13(10)11(14)15-12(3,4)5/h6,9-10H,1,7-8H2,2-5H3/t9-,10?/m1/s1. The van der Waals surface area contributed by atoms with Gasteiger partial charge in [0.25, 0.3) is 0 Å². The summed E-state index contributed by atoms with van der Waals surface area (Å²) in [4.78, 5) is 13.7. The fourth-order valence-corrected chi connectivity index (χ4v) is 1.88. The van der Waals surface area contributed by atoms with Crippen LogP contribution in [-0.2, 0) is 4.74 Å². The lowest BCUT2D eigenvalue weighted by Gasteiger charge is -2.30. The molecular formula is C12H21NO2. The molecule has 15 heavy (non-hydrogen) atoms. The summed E-state index contributed by atoms with van der Waals surface area (Å²) in [6, 6.07) is 0.387.